The first-order valence-electron chi connectivity index (χ1n) is 7.30. The number of aliphatic hydroxyl groups excluding tert-OH is 1. The van der Waals surface area contributed by atoms with Crippen molar-refractivity contribution in [2.45, 2.75) is 31.2 Å². The molecule has 0 saturated carbocycles. The van der Waals surface area contributed by atoms with E-state index in [0.29, 0.717) is 25.4 Å². The number of aliphatic hydroxyl groups is 1. The fourth-order valence-electron chi connectivity index (χ4n) is 3.13. The molecule has 0 radical (unpaired) electrons. The van der Waals surface area contributed by atoms with E-state index in [0.717, 1.165) is 29.7 Å². The van der Waals surface area contributed by atoms with E-state index in [9.17, 15) is 5.11 Å². The van der Waals surface area contributed by atoms with Gasteiger partial charge in [0, 0.05) is 12.8 Å². The molecule has 2 heterocycles. The molecule has 112 valence electrons. The SMILES string of the molecule is OC(C1=CCC2(CC1)OCCO2)c1ccc2c(c1)OCO2. The molecule has 1 saturated heterocycles. The minimum Gasteiger partial charge on any atom is -0.454 e. The minimum absolute atomic E-state index is 0.245. The number of benzene rings is 1. The van der Waals surface area contributed by atoms with Crippen molar-refractivity contribution < 1.29 is 24.1 Å². The fourth-order valence-corrected chi connectivity index (χ4v) is 3.13. The monoisotopic (exact) mass is 290 g/mol. The van der Waals surface area contributed by atoms with E-state index in [4.69, 9.17) is 18.9 Å². The first-order valence-corrected chi connectivity index (χ1v) is 7.30. The molecule has 1 fully saturated rings. The van der Waals surface area contributed by atoms with Crippen molar-refractivity contribution in [3.63, 3.8) is 0 Å². The molecule has 0 amide bonds. The van der Waals surface area contributed by atoms with E-state index in [2.05, 4.69) is 0 Å². The molecule has 1 spiro atoms. The fraction of sp³-hybridized carbons (Fsp3) is 0.500. The standard InChI is InChI=1S/C16H18O5/c17-15(12-1-2-13-14(9-12)19-10-18-13)11-3-5-16(6-4-11)20-7-8-21-16/h1-3,9,15,17H,4-8,10H2. The summed E-state index contributed by atoms with van der Waals surface area (Å²) in [7, 11) is 0. The number of ether oxygens (including phenoxy) is 4. The normalized spacial score (nSPS) is 24.1. The summed E-state index contributed by atoms with van der Waals surface area (Å²) in [5, 5.41) is 10.6. The Hall–Kier alpha value is -1.56. The molecule has 1 aromatic rings. The second kappa shape index (κ2) is 5.02. The van der Waals surface area contributed by atoms with Crippen LogP contribution in [0.25, 0.3) is 0 Å². The lowest BCUT2D eigenvalue weighted by Crippen LogP contribution is -2.32. The van der Waals surface area contributed by atoms with Crippen LogP contribution < -0.4 is 9.47 Å². The van der Waals surface area contributed by atoms with Gasteiger partial charge >= 0.3 is 0 Å². The Labute approximate surface area is 123 Å². The molecule has 1 aliphatic carbocycles. The average Bonchev–Trinajstić information content (AvgIpc) is 3.16. The highest BCUT2D eigenvalue weighted by Gasteiger charge is 2.38. The molecule has 2 aliphatic heterocycles. The van der Waals surface area contributed by atoms with E-state index >= 15 is 0 Å². The molecule has 3 aliphatic rings. The zero-order valence-corrected chi connectivity index (χ0v) is 11.7. The van der Waals surface area contributed by atoms with E-state index in [-0.39, 0.29) is 6.79 Å². The number of rotatable bonds is 2. The lowest BCUT2D eigenvalue weighted by atomic mass is 9.88. The quantitative estimate of drug-likeness (QED) is 0.847. The molecule has 21 heavy (non-hydrogen) atoms. The van der Waals surface area contributed by atoms with E-state index < -0.39 is 11.9 Å². The number of hydrogen-bond acceptors (Lipinski definition) is 5. The summed E-state index contributed by atoms with van der Waals surface area (Å²) in [6.07, 6.45) is 3.70. The highest BCUT2D eigenvalue weighted by atomic mass is 16.7. The van der Waals surface area contributed by atoms with Crippen molar-refractivity contribution in [1.29, 1.82) is 0 Å². The van der Waals surface area contributed by atoms with Gasteiger partial charge in [-0.2, -0.15) is 0 Å². The zero-order chi connectivity index (χ0) is 14.3. The van der Waals surface area contributed by atoms with Crippen molar-refractivity contribution in [2.75, 3.05) is 20.0 Å². The molecule has 1 N–H and O–H groups in total. The van der Waals surface area contributed by atoms with Crippen LogP contribution in [0.1, 0.15) is 30.9 Å². The van der Waals surface area contributed by atoms with Gasteiger partial charge in [0.15, 0.2) is 17.3 Å². The first-order chi connectivity index (χ1) is 10.3. The minimum atomic E-state index is -0.613. The molecule has 5 nitrogen and oxygen atoms in total. The molecular weight excluding hydrogens is 272 g/mol. The summed E-state index contributed by atoms with van der Waals surface area (Å²) in [5.74, 6) is 0.982. The highest BCUT2D eigenvalue weighted by molar-refractivity contribution is 5.46. The van der Waals surface area contributed by atoms with Crippen molar-refractivity contribution in [3.8, 4) is 11.5 Å². The van der Waals surface area contributed by atoms with E-state index in [1.807, 2.05) is 24.3 Å². The maximum atomic E-state index is 10.6. The van der Waals surface area contributed by atoms with Gasteiger partial charge in [-0.3, -0.25) is 0 Å². The van der Waals surface area contributed by atoms with E-state index in [1.165, 1.54) is 0 Å². The zero-order valence-electron chi connectivity index (χ0n) is 11.7. The van der Waals surface area contributed by atoms with Gasteiger partial charge in [-0.05, 0) is 29.7 Å². The molecule has 1 aromatic carbocycles. The Morgan fingerprint density at radius 2 is 1.90 bits per heavy atom. The molecule has 1 atom stereocenters. The Kier molecular flexibility index (Phi) is 3.14. The van der Waals surface area contributed by atoms with Crippen molar-refractivity contribution >= 4 is 0 Å². The van der Waals surface area contributed by atoms with Gasteiger partial charge < -0.3 is 24.1 Å². The Morgan fingerprint density at radius 3 is 2.67 bits per heavy atom. The topological polar surface area (TPSA) is 57.2 Å². The van der Waals surface area contributed by atoms with Crippen molar-refractivity contribution in [1.82, 2.24) is 0 Å². The van der Waals surface area contributed by atoms with Crippen LogP contribution >= 0.6 is 0 Å². The van der Waals surface area contributed by atoms with Gasteiger partial charge in [-0.25, -0.2) is 0 Å². The molecular formula is C16H18O5. The molecule has 5 heteroatoms. The third-order valence-electron chi connectivity index (χ3n) is 4.35. The largest absolute Gasteiger partial charge is 0.454 e. The van der Waals surface area contributed by atoms with E-state index in [1.54, 1.807) is 0 Å². The van der Waals surface area contributed by atoms with Crippen LogP contribution in [0.3, 0.4) is 0 Å². The summed E-state index contributed by atoms with van der Waals surface area (Å²) in [6, 6.07) is 5.57. The van der Waals surface area contributed by atoms with Crippen LogP contribution in [0, 0.1) is 0 Å². The van der Waals surface area contributed by atoms with Crippen LogP contribution in [-0.4, -0.2) is 30.9 Å². The van der Waals surface area contributed by atoms with Gasteiger partial charge in [-0.1, -0.05) is 12.1 Å². The van der Waals surface area contributed by atoms with Crippen LogP contribution in [0.5, 0.6) is 11.5 Å². The predicted octanol–water partition coefficient (Wildman–Crippen LogP) is 2.30. The average molecular weight is 290 g/mol. The Bertz CT molecular complexity index is 574. The van der Waals surface area contributed by atoms with Gasteiger partial charge in [0.25, 0.3) is 0 Å². The third kappa shape index (κ3) is 2.31. The maximum Gasteiger partial charge on any atom is 0.231 e. The predicted molar refractivity (Wildman–Crippen MR) is 74.1 cm³/mol. The molecule has 0 bridgehead atoms. The van der Waals surface area contributed by atoms with Crippen LogP contribution in [0.2, 0.25) is 0 Å². The van der Waals surface area contributed by atoms with Gasteiger partial charge in [-0.15, -0.1) is 0 Å². The summed E-state index contributed by atoms with van der Waals surface area (Å²) in [4.78, 5) is 0. The summed E-state index contributed by atoms with van der Waals surface area (Å²) < 4.78 is 22.0. The molecule has 1 unspecified atom stereocenters. The lowest BCUT2D eigenvalue weighted by Gasteiger charge is -2.32. The van der Waals surface area contributed by atoms with Crippen molar-refractivity contribution in [3.05, 3.63) is 35.4 Å². The Morgan fingerprint density at radius 1 is 1.10 bits per heavy atom. The van der Waals surface area contributed by atoms with Crippen LogP contribution in [0.4, 0.5) is 0 Å². The van der Waals surface area contributed by atoms with Crippen LogP contribution in [0.15, 0.2) is 29.8 Å². The molecule has 0 aromatic heterocycles. The Balaban J connectivity index is 1.52. The molecule has 4 rings (SSSR count). The first kappa shape index (κ1) is 13.1. The second-order valence-electron chi connectivity index (χ2n) is 5.61. The summed E-state index contributed by atoms with van der Waals surface area (Å²) in [6.45, 7) is 1.57. The van der Waals surface area contributed by atoms with Gasteiger partial charge in [0.2, 0.25) is 6.79 Å². The van der Waals surface area contributed by atoms with Gasteiger partial charge in [0.1, 0.15) is 6.10 Å². The van der Waals surface area contributed by atoms with Crippen LogP contribution in [-0.2, 0) is 9.47 Å². The highest BCUT2D eigenvalue weighted by Crippen LogP contribution is 2.41. The van der Waals surface area contributed by atoms with Crippen molar-refractivity contribution in [2.24, 2.45) is 0 Å². The second-order valence-corrected chi connectivity index (χ2v) is 5.61. The van der Waals surface area contributed by atoms with Gasteiger partial charge in [0.05, 0.1) is 13.2 Å². The smallest absolute Gasteiger partial charge is 0.231 e. The maximum absolute atomic E-state index is 10.6. The summed E-state index contributed by atoms with van der Waals surface area (Å²) in [5.41, 5.74) is 1.84. The number of hydrogen-bond donors (Lipinski definition) is 1. The third-order valence-corrected chi connectivity index (χ3v) is 4.35. The number of fused-ring (bicyclic) bond motifs is 1. The lowest BCUT2D eigenvalue weighted by molar-refractivity contribution is -0.162. The summed E-state index contributed by atoms with van der Waals surface area (Å²) >= 11 is 0.